The third-order valence-electron chi connectivity index (χ3n) is 3.09. The molecule has 0 atom stereocenters. The molecule has 1 rings (SSSR count). The van der Waals surface area contributed by atoms with Gasteiger partial charge in [-0.15, -0.1) is 0 Å². The molecule has 1 aromatic carbocycles. The third-order valence-corrected chi connectivity index (χ3v) is 3.09. The van der Waals surface area contributed by atoms with E-state index in [4.69, 9.17) is 5.73 Å². The normalized spacial score (nSPS) is 11.0. The van der Waals surface area contributed by atoms with Crippen LogP contribution in [0, 0.1) is 5.41 Å². The Morgan fingerprint density at radius 2 is 1.71 bits per heavy atom. The molecule has 0 unspecified atom stereocenters. The van der Waals surface area contributed by atoms with Crippen LogP contribution in [0.15, 0.2) is 24.3 Å². The number of para-hydroxylation sites is 1. The zero-order chi connectivity index (χ0) is 15.9. The molecule has 0 heterocycles. The molecule has 5 nitrogen and oxygen atoms in total. The molecule has 21 heavy (non-hydrogen) atoms. The molecule has 0 radical (unpaired) electrons. The second-order valence-electron chi connectivity index (χ2n) is 6.05. The van der Waals surface area contributed by atoms with E-state index in [2.05, 4.69) is 10.6 Å². The van der Waals surface area contributed by atoms with Gasteiger partial charge in [0.2, 0.25) is 11.8 Å². The Morgan fingerprint density at radius 1 is 1.10 bits per heavy atom. The number of hydrogen-bond donors (Lipinski definition) is 3. The number of nitrogens with one attached hydrogen (secondary N) is 2. The molecule has 4 N–H and O–H groups in total. The van der Waals surface area contributed by atoms with Crippen LogP contribution < -0.4 is 16.4 Å². The molecule has 0 spiro atoms. The van der Waals surface area contributed by atoms with Crippen molar-refractivity contribution < 1.29 is 9.59 Å². The van der Waals surface area contributed by atoms with Crippen LogP contribution in [-0.4, -0.2) is 24.9 Å². The fraction of sp³-hybridized carbons (Fsp3) is 0.500. The van der Waals surface area contributed by atoms with Crippen molar-refractivity contribution in [3.05, 3.63) is 29.8 Å². The number of benzene rings is 1. The lowest BCUT2D eigenvalue weighted by Gasteiger charge is -2.17. The number of hydrogen-bond acceptors (Lipinski definition) is 3. The molecular formula is C16H25N3O2. The predicted molar refractivity (Wildman–Crippen MR) is 84.6 cm³/mol. The first kappa shape index (κ1) is 17.0. The van der Waals surface area contributed by atoms with Crippen molar-refractivity contribution in [2.45, 2.75) is 33.6 Å². The molecule has 0 saturated heterocycles. The summed E-state index contributed by atoms with van der Waals surface area (Å²) in [6.45, 7) is 6.43. The summed E-state index contributed by atoms with van der Waals surface area (Å²) in [7, 11) is 0. The molecule has 0 aliphatic rings. The summed E-state index contributed by atoms with van der Waals surface area (Å²) >= 11 is 0. The summed E-state index contributed by atoms with van der Waals surface area (Å²) in [6, 6.07) is 7.53. The van der Waals surface area contributed by atoms with E-state index in [0.29, 0.717) is 31.6 Å². The Labute approximate surface area is 126 Å². The molecule has 1 aromatic rings. The number of amides is 2. The number of carbonyl (C=O) groups excluding carboxylic acids is 2. The maximum atomic E-state index is 11.7. The average Bonchev–Trinajstić information content (AvgIpc) is 2.41. The summed E-state index contributed by atoms with van der Waals surface area (Å²) in [6.07, 6.45) is 1.01. The summed E-state index contributed by atoms with van der Waals surface area (Å²) in [5, 5.41) is 5.57. The van der Waals surface area contributed by atoms with Crippen LogP contribution in [-0.2, 0) is 16.0 Å². The molecule has 0 aliphatic carbocycles. The average molecular weight is 291 g/mol. The van der Waals surface area contributed by atoms with Gasteiger partial charge in [0.15, 0.2) is 0 Å². The number of carbonyl (C=O) groups is 2. The van der Waals surface area contributed by atoms with Crippen molar-refractivity contribution in [1.29, 1.82) is 0 Å². The summed E-state index contributed by atoms with van der Waals surface area (Å²) in [4.78, 5) is 23.3. The Bertz CT molecular complexity index is 493. The van der Waals surface area contributed by atoms with E-state index in [1.54, 1.807) is 0 Å². The van der Waals surface area contributed by atoms with Crippen molar-refractivity contribution >= 4 is 17.5 Å². The van der Waals surface area contributed by atoms with Crippen molar-refractivity contribution in [1.82, 2.24) is 10.6 Å². The van der Waals surface area contributed by atoms with E-state index in [1.165, 1.54) is 0 Å². The van der Waals surface area contributed by atoms with Gasteiger partial charge in [0.25, 0.3) is 0 Å². The van der Waals surface area contributed by atoms with Gasteiger partial charge in [0, 0.05) is 30.6 Å². The van der Waals surface area contributed by atoms with E-state index in [9.17, 15) is 9.59 Å². The second kappa shape index (κ2) is 7.67. The molecule has 0 fully saturated rings. The maximum Gasteiger partial charge on any atom is 0.225 e. The Morgan fingerprint density at radius 3 is 2.33 bits per heavy atom. The molecule has 116 valence electrons. The predicted octanol–water partition coefficient (Wildman–Crippen LogP) is 1.48. The number of nitrogens with two attached hydrogens (primary N) is 1. The lowest BCUT2D eigenvalue weighted by atomic mass is 9.96. The quantitative estimate of drug-likeness (QED) is 0.548. The van der Waals surface area contributed by atoms with Gasteiger partial charge in [-0.2, -0.15) is 0 Å². The third kappa shape index (κ3) is 6.29. The molecule has 0 aliphatic heterocycles. The van der Waals surface area contributed by atoms with E-state index in [1.807, 2.05) is 45.0 Å². The maximum absolute atomic E-state index is 11.7. The van der Waals surface area contributed by atoms with Crippen LogP contribution in [0.2, 0.25) is 0 Å². The Hall–Kier alpha value is -2.04. The van der Waals surface area contributed by atoms with Crippen molar-refractivity contribution in [3.63, 3.8) is 0 Å². The minimum Gasteiger partial charge on any atom is -0.399 e. The van der Waals surface area contributed by atoms with Gasteiger partial charge in [-0.1, -0.05) is 39.0 Å². The smallest absolute Gasteiger partial charge is 0.225 e. The highest BCUT2D eigenvalue weighted by molar-refractivity contribution is 5.81. The van der Waals surface area contributed by atoms with Crippen molar-refractivity contribution in [3.8, 4) is 0 Å². The van der Waals surface area contributed by atoms with Gasteiger partial charge in [-0.25, -0.2) is 0 Å². The van der Waals surface area contributed by atoms with E-state index >= 15 is 0 Å². The van der Waals surface area contributed by atoms with Gasteiger partial charge in [0.05, 0.1) is 0 Å². The summed E-state index contributed by atoms with van der Waals surface area (Å²) < 4.78 is 0. The largest absolute Gasteiger partial charge is 0.399 e. The first-order valence-corrected chi connectivity index (χ1v) is 7.19. The monoisotopic (exact) mass is 291 g/mol. The molecule has 0 aromatic heterocycles. The van der Waals surface area contributed by atoms with E-state index in [-0.39, 0.29) is 11.8 Å². The Balaban J connectivity index is 2.21. The fourth-order valence-corrected chi connectivity index (χ4v) is 1.74. The number of rotatable bonds is 6. The second-order valence-corrected chi connectivity index (χ2v) is 6.05. The van der Waals surface area contributed by atoms with Gasteiger partial charge >= 0.3 is 0 Å². The standard InChI is InChI=1S/C16H25N3O2/c1-16(2,3)15(21)19-11-10-18-14(20)9-8-12-6-4-5-7-13(12)17/h4-7H,8-11,17H2,1-3H3,(H,18,20)(H,19,21). The summed E-state index contributed by atoms with van der Waals surface area (Å²) in [5.74, 6) is -0.0583. The highest BCUT2D eigenvalue weighted by atomic mass is 16.2. The lowest BCUT2D eigenvalue weighted by molar-refractivity contribution is -0.128. The number of nitrogen functional groups attached to an aromatic ring is 1. The van der Waals surface area contributed by atoms with Crippen LogP contribution in [0.25, 0.3) is 0 Å². The molecule has 2 amide bonds. The molecular weight excluding hydrogens is 266 g/mol. The molecule has 0 bridgehead atoms. The topological polar surface area (TPSA) is 84.2 Å². The highest BCUT2D eigenvalue weighted by Crippen LogP contribution is 2.12. The van der Waals surface area contributed by atoms with Crippen LogP contribution in [0.1, 0.15) is 32.8 Å². The van der Waals surface area contributed by atoms with Crippen LogP contribution in [0.5, 0.6) is 0 Å². The first-order valence-electron chi connectivity index (χ1n) is 7.19. The number of anilines is 1. The van der Waals surface area contributed by atoms with Crippen LogP contribution in [0.4, 0.5) is 5.69 Å². The summed E-state index contributed by atoms with van der Waals surface area (Å²) in [5.41, 5.74) is 7.11. The molecule has 5 heteroatoms. The van der Waals surface area contributed by atoms with Crippen LogP contribution in [0.3, 0.4) is 0 Å². The zero-order valence-corrected chi connectivity index (χ0v) is 13.0. The molecule has 0 saturated carbocycles. The van der Waals surface area contributed by atoms with E-state index in [0.717, 1.165) is 5.56 Å². The minimum absolute atomic E-state index is 0.0196. The SMILES string of the molecule is CC(C)(C)C(=O)NCCNC(=O)CCc1ccccc1N. The van der Waals surface area contributed by atoms with Gasteiger partial charge in [-0.05, 0) is 18.1 Å². The van der Waals surface area contributed by atoms with Gasteiger partial charge in [0.1, 0.15) is 0 Å². The van der Waals surface area contributed by atoms with Crippen LogP contribution >= 0.6 is 0 Å². The lowest BCUT2D eigenvalue weighted by Crippen LogP contribution is -2.39. The first-order chi connectivity index (χ1) is 9.80. The highest BCUT2D eigenvalue weighted by Gasteiger charge is 2.20. The minimum atomic E-state index is -0.408. The van der Waals surface area contributed by atoms with Crippen molar-refractivity contribution in [2.75, 3.05) is 18.8 Å². The number of aryl methyl sites for hydroxylation is 1. The van der Waals surface area contributed by atoms with E-state index < -0.39 is 5.41 Å². The van der Waals surface area contributed by atoms with Gasteiger partial charge < -0.3 is 16.4 Å². The zero-order valence-electron chi connectivity index (χ0n) is 13.0. The van der Waals surface area contributed by atoms with Crippen molar-refractivity contribution in [2.24, 2.45) is 5.41 Å². The Kier molecular flexibility index (Phi) is 6.21. The fourth-order valence-electron chi connectivity index (χ4n) is 1.74. The van der Waals surface area contributed by atoms with Gasteiger partial charge in [-0.3, -0.25) is 9.59 Å².